The second kappa shape index (κ2) is 8.59. The molecule has 0 aliphatic carbocycles. The number of morpholine rings is 1. The van der Waals surface area contributed by atoms with Gasteiger partial charge < -0.3 is 23.8 Å². The monoisotopic (exact) mass is 335 g/mol. The van der Waals surface area contributed by atoms with Gasteiger partial charge in [-0.1, -0.05) is 6.92 Å². The molecule has 1 aliphatic heterocycles. The molecule has 1 saturated heterocycles. The van der Waals surface area contributed by atoms with Crippen molar-refractivity contribution >= 4 is 12.0 Å². The average Bonchev–Trinajstić information content (AvgIpc) is 2.64. The maximum atomic E-state index is 12.4. The minimum Gasteiger partial charge on any atom is -0.493 e. The maximum Gasteiger partial charge on any atom is 0.246 e. The molecule has 132 valence electrons. The van der Waals surface area contributed by atoms with Crippen LogP contribution in [0.15, 0.2) is 18.2 Å². The summed E-state index contributed by atoms with van der Waals surface area (Å²) < 4.78 is 21.5. The summed E-state index contributed by atoms with van der Waals surface area (Å²) >= 11 is 0. The predicted molar refractivity (Wildman–Crippen MR) is 91.7 cm³/mol. The molecule has 1 aromatic rings. The number of ether oxygens (including phenoxy) is 4. The van der Waals surface area contributed by atoms with E-state index in [1.807, 2.05) is 4.90 Å². The third-order valence-corrected chi connectivity index (χ3v) is 4.01. The van der Waals surface area contributed by atoms with Crippen molar-refractivity contribution in [1.82, 2.24) is 4.90 Å². The van der Waals surface area contributed by atoms with Crippen LogP contribution in [-0.4, -0.2) is 57.9 Å². The highest BCUT2D eigenvalue weighted by Crippen LogP contribution is 2.38. The first kappa shape index (κ1) is 18.1. The van der Waals surface area contributed by atoms with Crippen molar-refractivity contribution < 1.29 is 23.7 Å². The lowest BCUT2D eigenvalue weighted by Gasteiger charge is -2.31. The number of benzene rings is 1. The Balaban J connectivity index is 2.14. The lowest BCUT2D eigenvalue weighted by atomic mass is 10.1. The van der Waals surface area contributed by atoms with Crippen molar-refractivity contribution in [1.29, 1.82) is 0 Å². The van der Waals surface area contributed by atoms with Crippen molar-refractivity contribution in [2.24, 2.45) is 0 Å². The summed E-state index contributed by atoms with van der Waals surface area (Å²) in [5.74, 6) is 1.62. The molecule has 6 nitrogen and oxygen atoms in total. The van der Waals surface area contributed by atoms with Crippen LogP contribution in [0.5, 0.6) is 17.2 Å². The number of amides is 1. The second-order valence-electron chi connectivity index (χ2n) is 5.48. The van der Waals surface area contributed by atoms with Crippen LogP contribution in [0.1, 0.15) is 18.9 Å². The van der Waals surface area contributed by atoms with E-state index in [2.05, 4.69) is 6.92 Å². The zero-order chi connectivity index (χ0) is 17.5. The highest BCUT2D eigenvalue weighted by atomic mass is 16.5. The van der Waals surface area contributed by atoms with Gasteiger partial charge in [-0.05, 0) is 30.2 Å². The van der Waals surface area contributed by atoms with Gasteiger partial charge in [0.25, 0.3) is 0 Å². The summed E-state index contributed by atoms with van der Waals surface area (Å²) in [4.78, 5) is 14.2. The zero-order valence-electron chi connectivity index (χ0n) is 14.7. The topological polar surface area (TPSA) is 57.2 Å². The smallest absolute Gasteiger partial charge is 0.246 e. The van der Waals surface area contributed by atoms with E-state index in [9.17, 15) is 4.79 Å². The molecule has 1 atom stereocenters. The Morgan fingerprint density at radius 1 is 1.25 bits per heavy atom. The SMILES string of the molecule is CC[C@@H]1CN(C(=O)/C=C/c2cc(OC)c(OC)c(OC)c2)CCO1. The Labute approximate surface area is 142 Å². The van der Waals surface area contributed by atoms with E-state index in [1.165, 1.54) is 0 Å². The number of hydrogen-bond acceptors (Lipinski definition) is 5. The predicted octanol–water partition coefficient (Wildman–Crippen LogP) is 2.36. The third kappa shape index (κ3) is 4.20. The van der Waals surface area contributed by atoms with Gasteiger partial charge in [-0.25, -0.2) is 0 Å². The van der Waals surface area contributed by atoms with E-state index in [4.69, 9.17) is 18.9 Å². The summed E-state index contributed by atoms with van der Waals surface area (Å²) in [7, 11) is 4.69. The maximum absolute atomic E-state index is 12.4. The van der Waals surface area contributed by atoms with Crippen LogP contribution in [-0.2, 0) is 9.53 Å². The minimum absolute atomic E-state index is 0.0227. The standard InChI is InChI=1S/C18H25NO5/c1-5-14-12-19(8-9-24-14)17(20)7-6-13-10-15(21-2)18(23-4)16(11-13)22-3/h6-7,10-11,14H,5,8-9,12H2,1-4H3/b7-6+/t14-/m1/s1. The van der Waals surface area contributed by atoms with Crippen LogP contribution in [0.2, 0.25) is 0 Å². The fourth-order valence-electron chi connectivity index (χ4n) is 2.64. The lowest BCUT2D eigenvalue weighted by molar-refractivity contribution is -0.133. The molecule has 0 aromatic heterocycles. The zero-order valence-corrected chi connectivity index (χ0v) is 14.7. The molecule has 0 saturated carbocycles. The fourth-order valence-corrected chi connectivity index (χ4v) is 2.64. The van der Waals surface area contributed by atoms with E-state index >= 15 is 0 Å². The fraction of sp³-hybridized carbons (Fsp3) is 0.500. The number of carbonyl (C=O) groups is 1. The quantitative estimate of drug-likeness (QED) is 0.747. The summed E-state index contributed by atoms with van der Waals surface area (Å²) in [6.07, 6.45) is 4.35. The number of nitrogens with zero attached hydrogens (tertiary/aromatic N) is 1. The molecule has 0 N–H and O–H groups in total. The van der Waals surface area contributed by atoms with E-state index in [1.54, 1.807) is 45.6 Å². The van der Waals surface area contributed by atoms with Gasteiger partial charge in [0.1, 0.15) is 0 Å². The normalized spacial score (nSPS) is 17.8. The van der Waals surface area contributed by atoms with Gasteiger partial charge in [-0.3, -0.25) is 4.79 Å². The van der Waals surface area contributed by atoms with Crippen molar-refractivity contribution in [3.05, 3.63) is 23.8 Å². The molecule has 1 heterocycles. The Morgan fingerprint density at radius 2 is 1.92 bits per heavy atom. The molecule has 0 bridgehead atoms. The molecule has 1 aromatic carbocycles. The van der Waals surface area contributed by atoms with Crippen LogP contribution in [0.25, 0.3) is 6.08 Å². The molecule has 0 unspecified atom stereocenters. The lowest BCUT2D eigenvalue weighted by Crippen LogP contribution is -2.44. The highest BCUT2D eigenvalue weighted by Gasteiger charge is 2.21. The largest absolute Gasteiger partial charge is 0.493 e. The Hall–Kier alpha value is -2.21. The number of rotatable bonds is 6. The van der Waals surface area contributed by atoms with Crippen LogP contribution in [0.3, 0.4) is 0 Å². The van der Waals surface area contributed by atoms with Gasteiger partial charge in [-0.2, -0.15) is 0 Å². The van der Waals surface area contributed by atoms with E-state index < -0.39 is 0 Å². The Bertz CT molecular complexity index is 574. The minimum atomic E-state index is -0.0227. The van der Waals surface area contributed by atoms with Crippen molar-refractivity contribution in [2.45, 2.75) is 19.4 Å². The summed E-state index contributed by atoms with van der Waals surface area (Å²) in [5, 5.41) is 0. The van der Waals surface area contributed by atoms with Gasteiger partial charge in [-0.15, -0.1) is 0 Å². The summed E-state index contributed by atoms with van der Waals surface area (Å²) in [6, 6.07) is 3.61. The second-order valence-corrected chi connectivity index (χ2v) is 5.48. The molecule has 6 heteroatoms. The molecule has 2 rings (SSSR count). The van der Waals surface area contributed by atoms with Gasteiger partial charge in [0, 0.05) is 19.2 Å². The molecule has 1 fully saturated rings. The number of hydrogen-bond donors (Lipinski definition) is 0. The summed E-state index contributed by atoms with van der Waals surface area (Å²) in [5.41, 5.74) is 0.804. The van der Waals surface area contributed by atoms with Gasteiger partial charge in [0.15, 0.2) is 11.5 Å². The molecular weight excluding hydrogens is 310 g/mol. The van der Waals surface area contributed by atoms with Crippen LogP contribution < -0.4 is 14.2 Å². The molecule has 1 aliphatic rings. The third-order valence-electron chi connectivity index (χ3n) is 4.01. The summed E-state index contributed by atoms with van der Waals surface area (Å²) in [6.45, 7) is 3.90. The van der Waals surface area contributed by atoms with Gasteiger partial charge in [0.05, 0.1) is 34.0 Å². The molecule has 24 heavy (non-hydrogen) atoms. The van der Waals surface area contributed by atoms with Crippen molar-refractivity contribution in [3.63, 3.8) is 0 Å². The number of carbonyl (C=O) groups excluding carboxylic acids is 1. The molecule has 1 amide bonds. The van der Waals surface area contributed by atoms with Crippen LogP contribution in [0.4, 0.5) is 0 Å². The van der Waals surface area contributed by atoms with Crippen LogP contribution >= 0.6 is 0 Å². The van der Waals surface area contributed by atoms with E-state index in [-0.39, 0.29) is 12.0 Å². The molecular formula is C18H25NO5. The first-order valence-corrected chi connectivity index (χ1v) is 8.01. The van der Waals surface area contributed by atoms with E-state index in [0.29, 0.717) is 36.9 Å². The van der Waals surface area contributed by atoms with E-state index in [0.717, 1.165) is 12.0 Å². The van der Waals surface area contributed by atoms with Crippen molar-refractivity contribution in [2.75, 3.05) is 41.0 Å². The first-order chi connectivity index (χ1) is 11.6. The molecule has 0 radical (unpaired) electrons. The van der Waals surface area contributed by atoms with Gasteiger partial charge >= 0.3 is 0 Å². The first-order valence-electron chi connectivity index (χ1n) is 8.01. The molecule has 0 spiro atoms. The van der Waals surface area contributed by atoms with Crippen LogP contribution in [0, 0.1) is 0 Å². The Morgan fingerprint density at radius 3 is 2.46 bits per heavy atom. The van der Waals surface area contributed by atoms with Gasteiger partial charge in [0.2, 0.25) is 11.7 Å². The highest BCUT2D eigenvalue weighted by molar-refractivity contribution is 5.92. The van der Waals surface area contributed by atoms with Crippen molar-refractivity contribution in [3.8, 4) is 17.2 Å². The Kier molecular flexibility index (Phi) is 6.49. The number of methoxy groups -OCH3 is 3. The average molecular weight is 335 g/mol.